The number of fused-ring (bicyclic) bond motifs is 1. The molecule has 3 rings (SSSR count). The predicted octanol–water partition coefficient (Wildman–Crippen LogP) is 3.14. The Morgan fingerprint density at radius 3 is 2.92 bits per heavy atom. The first-order valence-corrected chi connectivity index (χ1v) is 8.06. The van der Waals surface area contributed by atoms with Crippen LogP contribution in [0.5, 0.6) is 5.75 Å². The molecule has 2 aromatic rings. The van der Waals surface area contributed by atoms with Crippen LogP contribution in [0, 0.1) is 0 Å². The predicted molar refractivity (Wildman–Crippen MR) is 98.1 cm³/mol. The van der Waals surface area contributed by atoms with Crippen molar-refractivity contribution in [3.63, 3.8) is 0 Å². The van der Waals surface area contributed by atoms with Gasteiger partial charge in [0.2, 0.25) is 0 Å². The fourth-order valence-electron chi connectivity index (χ4n) is 2.75. The number of ether oxygens (including phenoxy) is 1. The Kier molecular flexibility index (Phi) is 6.91. The van der Waals surface area contributed by atoms with E-state index in [0.29, 0.717) is 17.3 Å². The standard InChI is InChI=1S/C18H19ClN2O2.ClH/c19-14-5-3-6-15(10-14)23-12-18(22)21-11-17-16-7-2-1-4-13(16)8-9-20-17;/h1-7,10,17,20H,8-9,11-12H2,(H,21,22);1H. The molecule has 0 fully saturated rings. The molecule has 0 aromatic heterocycles. The van der Waals surface area contributed by atoms with Crippen molar-refractivity contribution in [2.45, 2.75) is 12.5 Å². The first-order chi connectivity index (χ1) is 11.2. The molecule has 0 saturated carbocycles. The second kappa shape index (κ2) is 8.92. The summed E-state index contributed by atoms with van der Waals surface area (Å²) >= 11 is 5.88. The molecule has 128 valence electrons. The Hall–Kier alpha value is -1.75. The number of amides is 1. The number of rotatable bonds is 5. The minimum absolute atomic E-state index is 0. The quantitative estimate of drug-likeness (QED) is 0.854. The first kappa shape index (κ1) is 18.6. The molecule has 0 aliphatic carbocycles. The minimum Gasteiger partial charge on any atom is -0.484 e. The third-order valence-corrected chi connectivity index (χ3v) is 4.12. The molecule has 0 bridgehead atoms. The second-order valence-electron chi connectivity index (χ2n) is 5.51. The van der Waals surface area contributed by atoms with Gasteiger partial charge in [-0.2, -0.15) is 0 Å². The lowest BCUT2D eigenvalue weighted by molar-refractivity contribution is -0.123. The van der Waals surface area contributed by atoms with Crippen LogP contribution in [0.3, 0.4) is 0 Å². The summed E-state index contributed by atoms with van der Waals surface area (Å²) < 4.78 is 5.44. The Morgan fingerprint density at radius 2 is 2.08 bits per heavy atom. The molecular weight excluding hydrogens is 347 g/mol. The Balaban J connectivity index is 0.00000208. The summed E-state index contributed by atoms with van der Waals surface area (Å²) in [4.78, 5) is 12.0. The molecular formula is C18H20Cl2N2O2. The smallest absolute Gasteiger partial charge is 0.258 e. The van der Waals surface area contributed by atoms with Crippen molar-refractivity contribution in [2.24, 2.45) is 0 Å². The van der Waals surface area contributed by atoms with Gasteiger partial charge in [-0.25, -0.2) is 0 Å². The molecule has 1 aliphatic heterocycles. The van der Waals surface area contributed by atoms with E-state index in [4.69, 9.17) is 16.3 Å². The topological polar surface area (TPSA) is 50.4 Å². The largest absolute Gasteiger partial charge is 0.484 e. The molecule has 1 heterocycles. The zero-order chi connectivity index (χ0) is 16.1. The van der Waals surface area contributed by atoms with Gasteiger partial charge in [0, 0.05) is 17.6 Å². The van der Waals surface area contributed by atoms with E-state index in [-0.39, 0.29) is 31.0 Å². The summed E-state index contributed by atoms with van der Waals surface area (Å²) in [6.07, 6.45) is 1.03. The molecule has 2 aromatic carbocycles. The van der Waals surface area contributed by atoms with Crippen LogP contribution in [-0.4, -0.2) is 25.6 Å². The van der Waals surface area contributed by atoms with Crippen molar-refractivity contribution in [3.05, 3.63) is 64.7 Å². The molecule has 0 radical (unpaired) electrons. The monoisotopic (exact) mass is 366 g/mol. The van der Waals surface area contributed by atoms with Gasteiger partial charge in [-0.1, -0.05) is 41.9 Å². The van der Waals surface area contributed by atoms with Gasteiger partial charge in [0.05, 0.1) is 0 Å². The van der Waals surface area contributed by atoms with Crippen molar-refractivity contribution in [2.75, 3.05) is 19.7 Å². The maximum Gasteiger partial charge on any atom is 0.258 e. The van der Waals surface area contributed by atoms with Crippen molar-refractivity contribution < 1.29 is 9.53 Å². The van der Waals surface area contributed by atoms with E-state index in [9.17, 15) is 4.79 Å². The van der Waals surface area contributed by atoms with Crippen LogP contribution in [0.1, 0.15) is 17.2 Å². The van der Waals surface area contributed by atoms with Crippen molar-refractivity contribution in [1.82, 2.24) is 10.6 Å². The lowest BCUT2D eigenvalue weighted by atomic mass is 9.94. The summed E-state index contributed by atoms with van der Waals surface area (Å²) in [5.74, 6) is 0.448. The van der Waals surface area contributed by atoms with Gasteiger partial charge in [-0.3, -0.25) is 4.79 Å². The molecule has 1 amide bonds. The van der Waals surface area contributed by atoms with E-state index >= 15 is 0 Å². The van der Waals surface area contributed by atoms with E-state index in [1.54, 1.807) is 24.3 Å². The number of halogens is 2. The van der Waals surface area contributed by atoms with E-state index in [0.717, 1.165) is 13.0 Å². The Labute approximate surface area is 153 Å². The highest BCUT2D eigenvalue weighted by Gasteiger charge is 2.19. The van der Waals surface area contributed by atoms with Gasteiger partial charge in [-0.15, -0.1) is 12.4 Å². The zero-order valence-electron chi connectivity index (χ0n) is 13.1. The normalized spacial score (nSPS) is 15.8. The summed E-state index contributed by atoms with van der Waals surface area (Å²) in [5.41, 5.74) is 2.61. The van der Waals surface area contributed by atoms with E-state index in [1.807, 2.05) is 6.07 Å². The molecule has 0 saturated heterocycles. The highest BCUT2D eigenvalue weighted by atomic mass is 35.5. The zero-order valence-corrected chi connectivity index (χ0v) is 14.7. The lowest BCUT2D eigenvalue weighted by Gasteiger charge is -2.27. The van der Waals surface area contributed by atoms with Gasteiger partial charge >= 0.3 is 0 Å². The molecule has 2 N–H and O–H groups in total. The third kappa shape index (κ3) is 4.87. The Morgan fingerprint density at radius 1 is 1.25 bits per heavy atom. The fourth-order valence-corrected chi connectivity index (χ4v) is 2.93. The van der Waals surface area contributed by atoms with E-state index in [2.05, 4.69) is 28.8 Å². The van der Waals surface area contributed by atoms with Gasteiger partial charge in [-0.05, 0) is 42.3 Å². The molecule has 4 nitrogen and oxygen atoms in total. The van der Waals surface area contributed by atoms with Gasteiger partial charge < -0.3 is 15.4 Å². The van der Waals surface area contributed by atoms with Crippen LogP contribution >= 0.6 is 24.0 Å². The van der Waals surface area contributed by atoms with E-state index in [1.165, 1.54) is 11.1 Å². The molecule has 24 heavy (non-hydrogen) atoms. The first-order valence-electron chi connectivity index (χ1n) is 7.68. The number of hydrogen-bond donors (Lipinski definition) is 2. The molecule has 1 atom stereocenters. The maximum atomic E-state index is 12.0. The van der Waals surface area contributed by atoms with Crippen molar-refractivity contribution in [3.8, 4) is 5.75 Å². The second-order valence-corrected chi connectivity index (χ2v) is 5.94. The number of carbonyl (C=O) groups is 1. The number of hydrogen-bond acceptors (Lipinski definition) is 3. The summed E-state index contributed by atoms with van der Waals surface area (Å²) in [7, 11) is 0. The highest BCUT2D eigenvalue weighted by Crippen LogP contribution is 2.22. The van der Waals surface area contributed by atoms with Crippen LogP contribution in [0.2, 0.25) is 5.02 Å². The average molecular weight is 367 g/mol. The van der Waals surface area contributed by atoms with Crippen molar-refractivity contribution in [1.29, 1.82) is 0 Å². The SMILES string of the molecule is Cl.O=C(COc1cccc(Cl)c1)NCC1NCCc2ccccc21. The fraction of sp³-hybridized carbons (Fsp3) is 0.278. The van der Waals surface area contributed by atoms with Crippen LogP contribution in [0.4, 0.5) is 0 Å². The average Bonchev–Trinajstić information content (AvgIpc) is 2.58. The summed E-state index contributed by atoms with van der Waals surface area (Å²) in [5, 5.41) is 6.95. The summed E-state index contributed by atoms with van der Waals surface area (Å²) in [6.45, 7) is 1.46. The van der Waals surface area contributed by atoms with Gasteiger partial charge in [0.25, 0.3) is 5.91 Å². The number of carbonyl (C=O) groups excluding carboxylic acids is 1. The highest BCUT2D eigenvalue weighted by molar-refractivity contribution is 6.30. The maximum absolute atomic E-state index is 12.0. The van der Waals surface area contributed by atoms with Crippen LogP contribution in [0.25, 0.3) is 0 Å². The van der Waals surface area contributed by atoms with Gasteiger partial charge in [0.15, 0.2) is 6.61 Å². The third-order valence-electron chi connectivity index (χ3n) is 3.88. The molecule has 1 unspecified atom stereocenters. The molecule has 6 heteroatoms. The Bertz CT molecular complexity index is 694. The lowest BCUT2D eigenvalue weighted by Crippen LogP contribution is -2.40. The minimum atomic E-state index is -0.144. The van der Waals surface area contributed by atoms with Crippen molar-refractivity contribution >= 4 is 29.9 Å². The van der Waals surface area contributed by atoms with Crippen LogP contribution < -0.4 is 15.4 Å². The molecule has 1 aliphatic rings. The van der Waals surface area contributed by atoms with E-state index < -0.39 is 0 Å². The summed E-state index contributed by atoms with van der Waals surface area (Å²) in [6, 6.07) is 15.5. The number of nitrogens with one attached hydrogen (secondary N) is 2. The van der Waals surface area contributed by atoms with Gasteiger partial charge in [0.1, 0.15) is 5.75 Å². The van der Waals surface area contributed by atoms with Crippen LogP contribution in [0.15, 0.2) is 48.5 Å². The van der Waals surface area contributed by atoms with Crippen LogP contribution in [-0.2, 0) is 11.2 Å². The molecule has 0 spiro atoms. The number of benzene rings is 2.